The van der Waals surface area contributed by atoms with Crippen molar-refractivity contribution in [2.24, 2.45) is 5.92 Å². The number of nitrogens with zero attached hydrogens (tertiary/aromatic N) is 1. The number of nitrogens with one attached hydrogen (secondary N) is 1. The normalized spacial score (nSPS) is 10.7. The minimum atomic E-state index is -0.213. The lowest BCUT2D eigenvalue weighted by Gasteiger charge is -2.09. The molecule has 0 aliphatic heterocycles. The third-order valence-electron chi connectivity index (χ3n) is 2.33. The molecule has 0 atom stereocenters. The van der Waals surface area contributed by atoms with Crippen LogP contribution in [0.5, 0.6) is 0 Å². The quantitative estimate of drug-likeness (QED) is 0.752. The standard InChI is InChI=1S/C13H20BrN3O2/c1-9(2)8-19-5-3-4-16-13(18)11-6-10(14)7-17-12(11)15/h6-7,9H,3-5,8H2,1-2H3,(H2,15,17)(H,16,18). The fraction of sp³-hybridized carbons (Fsp3) is 0.538. The van der Waals surface area contributed by atoms with Crippen LogP contribution >= 0.6 is 15.9 Å². The van der Waals surface area contributed by atoms with E-state index in [2.05, 4.69) is 40.1 Å². The number of carbonyl (C=O) groups is 1. The van der Waals surface area contributed by atoms with Crippen molar-refractivity contribution in [1.29, 1.82) is 0 Å². The van der Waals surface area contributed by atoms with Gasteiger partial charge in [-0.1, -0.05) is 13.8 Å². The fourth-order valence-electron chi connectivity index (χ4n) is 1.42. The molecule has 1 amide bonds. The van der Waals surface area contributed by atoms with Gasteiger partial charge in [0.2, 0.25) is 0 Å². The molecule has 6 heteroatoms. The molecule has 0 aliphatic rings. The second-order valence-electron chi connectivity index (χ2n) is 4.66. The molecule has 106 valence electrons. The summed E-state index contributed by atoms with van der Waals surface area (Å²) in [5.41, 5.74) is 6.04. The molecule has 5 nitrogen and oxygen atoms in total. The summed E-state index contributed by atoms with van der Waals surface area (Å²) in [6, 6.07) is 1.66. The van der Waals surface area contributed by atoms with E-state index in [9.17, 15) is 4.79 Å². The highest BCUT2D eigenvalue weighted by atomic mass is 79.9. The van der Waals surface area contributed by atoms with Gasteiger partial charge in [0.05, 0.1) is 5.56 Å². The van der Waals surface area contributed by atoms with Crippen LogP contribution in [0.4, 0.5) is 5.82 Å². The Kier molecular flexibility index (Phi) is 6.80. The van der Waals surface area contributed by atoms with Gasteiger partial charge in [0.15, 0.2) is 0 Å². The Hall–Kier alpha value is -1.14. The first-order chi connectivity index (χ1) is 9.00. The van der Waals surface area contributed by atoms with E-state index < -0.39 is 0 Å². The summed E-state index contributed by atoms with van der Waals surface area (Å²) in [6.07, 6.45) is 2.34. The molecular weight excluding hydrogens is 310 g/mol. The van der Waals surface area contributed by atoms with Gasteiger partial charge in [-0.3, -0.25) is 4.79 Å². The van der Waals surface area contributed by atoms with Crippen LogP contribution < -0.4 is 11.1 Å². The number of nitrogens with two attached hydrogens (primary N) is 1. The summed E-state index contributed by atoms with van der Waals surface area (Å²) >= 11 is 3.26. The number of pyridine rings is 1. The lowest BCUT2D eigenvalue weighted by atomic mass is 10.2. The third kappa shape index (κ3) is 6.02. The number of hydrogen-bond acceptors (Lipinski definition) is 4. The number of nitrogen functional groups attached to an aromatic ring is 1. The van der Waals surface area contributed by atoms with Crippen molar-refractivity contribution in [3.05, 3.63) is 22.3 Å². The van der Waals surface area contributed by atoms with Crippen LogP contribution in [0.15, 0.2) is 16.7 Å². The molecule has 3 N–H and O–H groups in total. The van der Waals surface area contributed by atoms with E-state index in [1.807, 2.05) is 0 Å². The van der Waals surface area contributed by atoms with Crippen molar-refractivity contribution in [3.63, 3.8) is 0 Å². The van der Waals surface area contributed by atoms with Crippen molar-refractivity contribution in [2.45, 2.75) is 20.3 Å². The van der Waals surface area contributed by atoms with Crippen LogP contribution in [0, 0.1) is 5.92 Å². The lowest BCUT2D eigenvalue weighted by Crippen LogP contribution is -2.26. The third-order valence-corrected chi connectivity index (χ3v) is 2.77. The molecule has 1 rings (SSSR count). The van der Waals surface area contributed by atoms with Gasteiger partial charge < -0.3 is 15.8 Å². The predicted octanol–water partition coefficient (Wildman–Crippen LogP) is 2.22. The highest BCUT2D eigenvalue weighted by Crippen LogP contribution is 2.15. The zero-order valence-electron chi connectivity index (χ0n) is 11.3. The fourth-order valence-corrected chi connectivity index (χ4v) is 1.75. The summed E-state index contributed by atoms with van der Waals surface area (Å²) in [7, 11) is 0. The molecule has 19 heavy (non-hydrogen) atoms. The van der Waals surface area contributed by atoms with Gasteiger partial charge in [0, 0.05) is 30.4 Å². The molecule has 0 radical (unpaired) electrons. The molecule has 0 unspecified atom stereocenters. The van der Waals surface area contributed by atoms with E-state index in [1.54, 1.807) is 12.3 Å². The number of ether oxygens (including phenoxy) is 1. The lowest BCUT2D eigenvalue weighted by molar-refractivity contribution is 0.0925. The van der Waals surface area contributed by atoms with Crippen molar-refractivity contribution in [3.8, 4) is 0 Å². The average molecular weight is 330 g/mol. The smallest absolute Gasteiger partial charge is 0.255 e. The average Bonchev–Trinajstić information content (AvgIpc) is 2.36. The molecule has 0 fully saturated rings. The molecule has 0 aromatic carbocycles. The van der Waals surface area contributed by atoms with Gasteiger partial charge in [-0.25, -0.2) is 4.98 Å². The number of aromatic nitrogens is 1. The molecule has 0 aliphatic carbocycles. The second kappa shape index (κ2) is 8.12. The Morgan fingerprint density at radius 2 is 2.32 bits per heavy atom. The predicted molar refractivity (Wildman–Crippen MR) is 79.0 cm³/mol. The zero-order chi connectivity index (χ0) is 14.3. The van der Waals surface area contributed by atoms with Gasteiger partial charge >= 0.3 is 0 Å². The first-order valence-corrected chi connectivity index (χ1v) is 7.07. The van der Waals surface area contributed by atoms with Gasteiger partial charge in [-0.15, -0.1) is 0 Å². The van der Waals surface area contributed by atoms with Gasteiger partial charge in [0.25, 0.3) is 5.91 Å². The maximum Gasteiger partial charge on any atom is 0.255 e. The minimum Gasteiger partial charge on any atom is -0.383 e. The SMILES string of the molecule is CC(C)COCCCNC(=O)c1cc(Br)cnc1N. The topological polar surface area (TPSA) is 77.2 Å². The molecule has 0 spiro atoms. The van der Waals surface area contributed by atoms with Crippen LogP contribution in [-0.4, -0.2) is 30.6 Å². The van der Waals surface area contributed by atoms with Crippen LogP contribution in [0.1, 0.15) is 30.6 Å². The van der Waals surface area contributed by atoms with E-state index in [1.165, 1.54) is 0 Å². The summed E-state index contributed by atoms with van der Waals surface area (Å²) in [5, 5.41) is 2.80. The number of hydrogen-bond donors (Lipinski definition) is 2. The van der Waals surface area contributed by atoms with Crippen LogP contribution in [-0.2, 0) is 4.74 Å². The number of halogens is 1. The van der Waals surface area contributed by atoms with Crippen molar-refractivity contribution >= 4 is 27.7 Å². The first-order valence-electron chi connectivity index (χ1n) is 6.27. The van der Waals surface area contributed by atoms with Crippen LogP contribution in [0.25, 0.3) is 0 Å². The summed E-state index contributed by atoms with van der Waals surface area (Å²) in [5.74, 6) is 0.550. The van der Waals surface area contributed by atoms with Crippen molar-refractivity contribution in [1.82, 2.24) is 10.3 Å². The maximum atomic E-state index is 11.9. The van der Waals surface area contributed by atoms with Crippen LogP contribution in [0.2, 0.25) is 0 Å². The van der Waals surface area contributed by atoms with Crippen molar-refractivity contribution < 1.29 is 9.53 Å². The molecule has 0 saturated carbocycles. The Morgan fingerprint density at radius 1 is 1.58 bits per heavy atom. The molecule has 0 saturated heterocycles. The van der Waals surface area contributed by atoms with Crippen LogP contribution in [0.3, 0.4) is 0 Å². The molecular formula is C13H20BrN3O2. The number of rotatable bonds is 7. The summed E-state index contributed by atoms with van der Waals surface area (Å²) in [6.45, 7) is 6.15. The molecule has 0 bridgehead atoms. The zero-order valence-corrected chi connectivity index (χ0v) is 12.9. The molecule has 1 aromatic rings. The highest BCUT2D eigenvalue weighted by molar-refractivity contribution is 9.10. The van der Waals surface area contributed by atoms with E-state index in [4.69, 9.17) is 10.5 Å². The number of carbonyl (C=O) groups excluding carboxylic acids is 1. The second-order valence-corrected chi connectivity index (χ2v) is 5.58. The maximum absolute atomic E-state index is 11.9. The van der Waals surface area contributed by atoms with E-state index in [0.717, 1.165) is 17.5 Å². The Balaban J connectivity index is 2.29. The van der Waals surface area contributed by atoms with E-state index >= 15 is 0 Å². The summed E-state index contributed by atoms with van der Waals surface area (Å²) < 4.78 is 6.16. The Bertz CT molecular complexity index is 424. The van der Waals surface area contributed by atoms with Gasteiger partial charge in [0.1, 0.15) is 5.82 Å². The highest BCUT2D eigenvalue weighted by Gasteiger charge is 2.10. The first kappa shape index (κ1) is 15.9. The van der Waals surface area contributed by atoms with Gasteiger partial charge in [-0.05, 0) is 34.3 Å². The number of anilines is 1. The van der Waals surface area contributed by atoms with E-state index in [-0.39, 0.29) is 11.7 Å². The van der Waals surface area contributed by atoms with Crippen molar-refractivity contribution in [2.75, 3.05) is 25.5 Å². The minimum absolute atomic E-state index is 0.213. The summed E-state index contributed by atoms with van der Waals surface area (Å²) in [4.78, 5) is 15.8. The number of amides is 1. The van der Waals surface area contributed by atoms with E-state index in [0.29, 0.717) is 24.6 Å². The monoisotopic (exact) mass is 329 g/mol. The molecule has 1 aromatic heterocycles. The largest absolute Gasteiger partial charge is 0.383 e. The Labute approximate surface area is 122 Å². The Morgan fingerprint density at radius 3 is 3.00 bits per heavy atom. The van der Waals surface area contributed by atoms with Gasteiger partial charge in [-0.2, -0.15) is 0 Å². The molecule has 1 heterocycles.